The maximum Gasteiger partial charge on any atom is 0.319 e. The summed E-state index contributed by atoms with van der Waals surface area (Å²) in [5.74, 6) is -0.359. The van der Waals surface area contributed by atoms with Crippen molar-refractivity contribution in [2.24, 2.45) is 0 Å². The first-order valence-electron chi connectivity index (χ1n) is 10.4. The molecule has 0 radical (unpaired) electrons. The van der Waals surface area contributed by atoms with Crippen molar-refractivity contribution in [3.05, 3.63) is 84.4 Å². The Morgan fingerprint density at radius 1 is 0.969 bits per heavy atom. The summed E-state index contributed by atoms with van der Waals surface area (Å²) < 4.78 is 6.19. The van der Waals surface area contributed by atoms with Gasteiger partial charge in [0.25, 0.3) is 0 Å². The highest BCUT2D eigenvalue weighted by Crippen LogP contribution is 2.30. The van der Waals surface area contributed by atoms with Crippen LogP contribution in [0.25, 0.3) is 20.8 Å². The number of rotatable bonds is 7. The lowest BCUT2D eigenvalue weighted by Crippen LogP contribution is -2.34. The van der Waals surface area contributed by atoms with Gasteiger partial charge in [-0.3, -0.25) is 4.79 Å². The van der Waals surface area contributed by atoms with Gasteiger partial charge in [0.05, 0.1) is 29.3 Å². The van der Waals surface area contributed by atoms with Gasteiger partial charge in [-0.15, -0.1) is 11.3 Å². The predicted octanol–water partition coefficient (Wildman–Crippen LogP) is 5.78. The van der Waals surface area contributed by atoms with E-state index in [0.717, 1.165) is 26.4 Å². The second kappa shape index (κ2) is 10.1. The number of para-hydroxylation sites is 1. The molecule has 162 valence electrons. The molecule has 0 saturated carbocycles. The maximum atomic E-state index is 12.6. The number of hydrogen-bond acceptors (Lipinski definition) is 5. The molecule has 0 saturated heterocycles. The second-order valence-electron chi connectivity index (χ2n) is 7.13. The van der Waals surface area contributed by atoms with E-state index < -0.39 is 12.1 Å². The first-order valence-corrected chi connectivity index (χ1v) is 11.2. The van der Waals surface area contributed by atoms with Crippen LogP contribution in [0, 0.1) is 0 Å². The zero-order chi connectivity index (χ0) is 22.3. The molecule has 0 unspecified atom stereocenters. The first kappa shape index (κ1) is 21.5. The molecule has 4 aromatic rings. The summed E-state index contributed by atoms with van der Waals surface area (Å²) in [5, 5.41) is 6.64. The number of ether oxygens (including phenoxy) is 1. The van der Waals surface area contributed by atoms with Gasteiger partial charge in [-0.2, -0.15) is 0 Å². The summed E-state index contributed by atoms with van der Waals surface area (Å²) in [4.78, 5) is 29.3. The van der Waals surface area contributed by atoms with Gasteiger partial charge in [0.15, 0.2) is 0 Å². The molecule has 0 spiro atoms. The lowest BCUT2D eigenvalue weighted by molar-refractivity contribution is -0.143. The number of nitrogens with zero attached hydrogens (tertiary/aromatic N) is 1. The highest BCUT2D eigenvalue weighted by molar-refractivity contribution is 7.21. The molecule has 0 bridgehead atoms. The lowest BCUT2D eigenvalue weighted by atomic mass is 10.0. The molecule has 0 fully saturated rings. The van der Waals surface area contributed by atoms with Crippen LogP contribution in [0.5, 0.6) is 0 Å². The number of nitrogens with one attached hydrogen (secondary N) is 2. The number of thiazole rings is 1. The molecule has 2 N–H and O–H groups in total. The number of aromatic nitrogens is 1. The number of carbonyl (C=O) groups is 2. The minimum absolute atomic E-state index is 0.0574. The van der Waals surface area contributed by atoms with Gasteiger partial charge in [0, 0.05) is 11.3 Å². The molecule has 1 atom stereocenters. The van der Waals surface area contributed by atoms with Gasteiger partial charge in [-0.1, -0.05) is 42.5 Å². The minimum Gasteiger partial charge on any atom is -0.466 e. The van der Waals surface area contributed by atoms with Crippen molar-refractivity contribution in [2.45, 2.75) is 19.4 Å². The highest BCUT2D eigenvalue weighted by atomic mass is 32.1. The Morgan fingerprint density at radius 2 is 1.69 bits per heavy atom. The first-order chi connectivity index (χ1) is 15.6. The van der Waals surface area contributed by atoms with Crippen LogP contribution in [0.15, 0.2) is 78.9 Å². The molecule has 0 aliphatic heterocycles. The minimum atomic E-state index is -0.489. The molecule has 0 aliphatic carbocycles. The SMILES string of the molecule is CCOC(=O)C[C@H](NC(=O)Nc1ccc(-c2nc3ccccc3s2)cc1)c1ccccc1. The van der Waals surface area contributed by atoms with Crippen LogP contribution in [0.4, 0.5) is 10.5 Å². The molecule has 1 heterocycles. The van der Waals surface area contributed by atoms with E-state index in [1.165, 1.54) is 0 Å². The second-order valence-corrected chi connectivity index (χ2v) is 8.17. The Labute approximate surface area is 190 Å². The summed E-state index contributed by atoms with van der Waals surface area (Å²) in [6, 6.07) is 24.0. The summed E-state index contributed by atoms with van der Waals surface area (Å²) >= 11 is 1.63. The third-order valence-electron chi connectivity index (χ3n) is 4.87. The summed E-state index contributed by atoms with van der Waals surface area (Å²) in [6.45, 7) is 2.06. The number of esters is 1. The number of anilines is 1. The van der Waals surface area contributed by atoms with Crippen LogP contribution in [-0.2, 0) is 9.53 Å². The third kappa shape index (κ3) is 5.31. The molecule has 1 aromatic heterocycles. The fourth-order valence-corrected chi connectivity index (χ4v) is 4.31. The van der Waals surface area contributed by atoms with Crippen LogP contribution >= 0.6 is 11.3 Å². The smallest absolute Gasteiger partial charge is 0.319 e. The number of amides is 2. The van der Waals surface area contributed by atoms with Crippen LogP contribution in [0.2, 0.25) is 0 Å². The summed E-state index contributed by atoms with van der Waals surface area (Å²) in [6.07, 6.45) is 0.0574. The molecule has 6 nitrogen and oxygen atoms in total. The van der Waals surface area contributed by atoms with E-state index in [1.54, 1.807) is 18.3 Å². The van der Waals surface area contributed by atoms with Gasteiger partial charge in [-0.25, -0.2) is 9.78 Å². The van der Waals surface area contributed by atoms with Crippen LogP contribution in [0.3, 0.4) is 0 Å². The van der Waals surface area contributed by atoms with E-state index in [0.29, 0.717) is 12.3 Å². The zero-order valence-corrected chi connectivity index (χ0v) is 18.4. The molecule has 2 amide bonds. The summed E-state index contributed by atoms with van der Waals surface area (Å²) in [7, 11) is 0. The molecule has 7 heteroatoms. The number of urea groups is 1. The third-order valence-corrected chi connectivity index (χ3v) is 5.95. The van der Waals surface area contributed by atoms with Crippen molar-refractivity contribution in [1.29, 1.82) is 0 Å². The van der Waals surface area contributed by atoms with Crippen molar-refractivity contribution < 1.29 is 14.3 Å². The Bertz CT molecular complexity index is 1170. The number of fused-ring (bicyclic) bond motifs is 1. The van der Waals surface area contributed by atoms with Crippen LogP contribution in [-0.4, -0.2) is 23.6 Å². The lowest BCUT2D eigenvalue weighted by Gasteiger charge is -2.19. The van der Waals surface area contributed by atoms with Gasteiger partial charge in [0.1, 0.15) is 5.01 Å². The van der Waals surface area contributed by atoms with Crippen molar-refractivity contribution in [1.82, 2.24) is 10.3 Å². The fourth-order valence-electron chi connectivity index (χ4n) is 3.34. The van der Waals surface area contributed by atoms with Crippen molar-refractivity contribution in [3.8, 4) is 10.6 Å². The molecular formula is C25H23N3O3S. The Morgan fingerprint density at radius 3 is 2.41 bits per heavy atom. The van der Waals surface area contributed by atoms with E-state index >= 15 is 0 Å². The normalized spacial score (nSPS) is 11.7. The van der Waals surface area contributed by atoms with E-state index in [9.17, 15) is 9.59 Å². The van der Waals surface area contributed by atoms with E-state index in [2.05, 4.69) is 21.7 Å². The van der Waals surface area contributed by atoms with Gasteiger partial charge in [0.2, 0.25) is 0 Å². The Hall–Kier alpha value is -3.71. The van der Waals surface area contributed by atoms with Crippen molar-refractivity contribution in [3.63, 3.8) is 0 Å². The monoisotopic (exact) mass is 445 g/mol. The van der Waals surface area contributed by atoms with Crippen molar-refractivity contribution >= 4 is 39.2 Å². The molecule has 0 aliphatic rings. The van der Waals surface area contributed by atoms with Gasteiger partial charge >= 0.3 is 12.0 Å². The van der Waals surface area contributed by atoms with E-state index in [-0.39, 0.29) is 12.4 Å². The summed E-state index contributed by atoms with van der Waals surface area (Å²) in [5.41, 5.74) is 3.45. The van der Waals surface area contributed by atoms with Gasteiger partial charge in [-0.05, 0) is 48.9 Å². The standard InChI is InChI=1S/C25H23N3O3S/c1-2-31-23(29)16-21(17-8-4-3-5-9-17)28-25(30)26-19-14-12-18(13-15-19)24-27-20-10-6-7-11-22(20)32-24/h3-15,21H,2,16H2,1H3,(H2,26,28,30)/t21-/m0/s1. The predicted molar refractivity (Wildman–Crippen MR) is 128 cm³/mol. The van der Waals surface area contributed by atoms with E-state index in [4.69, 9.17) is 4.74 Å². The average Bonchev–Trinajstić information content (AvgIpc) is 3.24. The highest BCUT2D eigenvalue weighted by Gasteiger charge is 2.19. The number of hydrogen-bond donors (Lipinski definition) is 2. The van der Waals surface area contributed by atoms with Gasteiger partial charge < -0.3 is 15.4 Å². The largest absolute Gasteiger partial charge is 0.466 e. The van der Waals surface area contributed by atoms with Crippen molar-refractivity contribution in [2.75, 3.05) is 11.9 Å². The Balaban J connectivity index is 1.43. The molecular weight excluding hydrogens is 422 g/mol. The Kier molecular flexibility index (Phi) is 6.77. The number of benzene rings is 3. The number of carbonyl (C=O) groups excluding carboxylic acids is 2. The maximum absolute atomic E-state index is 12.6. The quantitative estimate of drug-likeness (QED) is 0.353. The molecule has 3 aromatic carbocycles. The average molecular weight is 446 g/mol. The topological polar surface area (TPSA) is 80.3 Å². The van der Waals surface area contributed by atoms with Crippen LogP contribution < -0.4 is 10.6 Å². The molecule has 4 rings (SSSR count). The fraction of sp³-hybridized carbons (Fsp3) is 0.160. The van der Waals surface area contributed by atoms with Crippen LogP contribution in [0.1, 0.15) is 24.9 Å². The van der Waals surface area contributed by atoms with E-state index in [1.807, 2.05) is 72.8 Å². The zero-order valence-electron chi connectivity index (χ0n) is 17.6. The molecule has 32 heavy (non-hydrogen) atoms.